The standard InChI is InChI=1S/C21H22ClN5O2S2/c1-3-15(4-2)27-18(12-29-17-8-6-5-7-16(17)22)25-26-21(27)31-13-19(28)24-20-14(11-23)9-10-30-20/h5-10,15H,3-4,12-13H2,1-2H3,(H,24,28). The van der Waals surface area contributed by atoms with Gasteiger partial charge in [-0.05, 0) is 36.4 Å². The third kappa shape index (κ3) is 5.79. The van der Waals surface area contributed by atoms with Crippen LogP contribution < -0.4 is 10.1 Å². The summed E-state index contributed by atoms with van der Waals surface area (Å²) in [5, 5.41) is 24.0. The number of para-hydroxylation sites is 1. The molecule has 0 aliphatic carbocycles. The Morgan fingerprint density at radius 1 is 1.32 bits per heavy atom. The number of halogens is 1. The fourth-order valence-electron chi connectivity index (χ4n) is 3.02. The smallest absolute Gasteiger partial charge is 0.235 e. The van der Waals surface area contributed by atoms with E-state index in [1.807, 2.05) is 16.7 Å². The molecule has 0 aliphatic rings. The molecule has 0 spiro atoms. The summed E-state index contributed by atoms with van der Waals surface area (Å²) in [6.07, 6.45) is 1.79. The highest BCUT2D eigenvalue weighted by molar-refractivity contribution is 7.99. The molecule has 3 aromatic rings. The predicted octanol–water partition coefficient (Wildman–Crippen LogP) is 5.54. The molecule has 3 rings (SSSR count). The highest BCUT2D eigenvalue weighted by Crippen LogP contribution is 2.29. The number of ether oxygens (including phenoxy) is 1. The molecule has 10 heteroatoms. The summed E-state index contributed by atoms with van der Waals surface area (Å²) in [6, 6.07) is 11.2. The number of thiophene rings is 1. The summed E-state index contributed by atoms with van der Waals surface area (Å²) >= 11 is 8.82. The maximum absolute atomic E-state index is 12.4. The predicted molar refractivity (Wildman–Crippen MR) is 124 cm³/mol. The SMILES string of the molecule is CCC(CC)n1c(COc2ccccc2Cl)nnc1SCC(=O)Nc1sccc1C#N. The third-order valence-corrected chi connectivity index (χ3v) is 6.69. The summed E-state index contributed by atoms with van der Waals surface area (Å²) in [6.45, 7) is 4.43. The minimum atomic E-state index is -0.197. The van der Waals surface area contributed by atoms with Crippen molar-refractivity contribution < 1.29 is 9.53 Å². The number of aromatic nitrogens is 3. The summed E-state index contributed by atoms with van der Waals surface area (Å²) in [5.41, 5.74) is 0.461. The van der Waals surface area contributed by atoms with Gasteiger partial charge in [0.1, 0.15) is 23.4 Å². The van der Waals surface area contributed by atoms with Crippen LogP contribution in [0.25, 0.3) is 0 Å². The van der Waals surface area contributed by atoms with Crippen molar-refractivity contribution in [1.29, 1.82) is 5.26 Å². The van der Waals surface area contributed by atoms with Crippen LogP contribution in [0.2, 0.25) is 5.02 Å². The van der Waals surface area contributed by atoms with Gasteiger partial charge in [0.15, 0.2) is 11.0 Å². The fourth-order valence-corrected chi connectivity index (χ4v) is 4.78. The molecule has 0 saturated carbocycles. The van der Waals surface area contributed by atoms with Gasteiger partial charge in [-0.15, -0.1) is 21.5 Å². The van der Waals surface area contributed by atoms with Gasteiger partial charge in [0, 0.05) is 6.04 Å². The van der Waals surface area contributed by atoms with Gasteiger partial charge in [-0.1, -0.05) is 49.3 Å². The van der Waals surface area contributed by atoms with Gasteiger partial charge in [0.2, 0.25) is 5.91 Å². The molecule has 0 saturated heterocycles. The molecule has 31 heavy (non-hydrogen) atoms. The Labute approximate surface area is 194 Å². The number of carbonyl (C=O) groups excluding carboxylic acids is 1. The van der Waals surface area contributed by atoms with Gasteiger partial charge in [-0.25, -0.2) is 0 Å². The van der Waals surface area contributed by atoms with Crippen molar-refractivity contribution in [2.45, 2.75) is 44.5 Å². The van der Waals surface area contributed by atoms with Crippen LogP contribution in [-0.4, -0.2) is 26.4 Å². The Balaban J connectivity index is 1.71. The maximum atomic E-state index is 12.4. The van der Waals surface area contributed by atoms with Crippen LogP contribution >= 0.6 is 34.7 Å². The lowest BCUT2D eigenvalue weighted by Gasteiger charge is -2.19. The number of carbonyl (C=O) groups is 1. The molecule has 0 radical (unpaired) electrons. The number of amides is 1. The van der Waals surface area contributed by atoms with E-state index < -0.39 is 0 Å². The van der Waals surface area contributed by atoms with E-state index in [1.165, 1.54) is 23.1 Å². The van der Waals surface area contributed by atoms with Crippen LogP contribution in [-0.2, 0) is 11.4 Å². The van der Waals surface area contributed by atoms with E-state index in [0.29, 0.717) is 32.3 Å². The first kappa shape index (κ1) is 23.1. The van der Waals surface area contributed by atoms with E-state index in [0.717, 1.165) is 12.8 Å². The first-order valence-electron chi connectivity index (χ1n) is 9.78. The second-order valence-electron chi connectivity index (χ2n) is 6.57. The largest absolute Gasteiger partial charge is 0.484 e. The molecule has 0 atom stereocenters. The molecule has 1 aromatic carbocycles. The van der Waals surface area contributed by atoms with Crippen molar-refractivity contribution in [3.63, 3.8) is 0 Å². The lowest BCUT2D eigenvalue weighted by Crippen LogP contribution is -2.17. The molecular formula is C21H22ClN5O2S2. The van der Waals surface area contributed by atoms with Gasteiger partial charge in [0.05, 0.1) is 16.3 Å². The van der Waals surface area contributed by atoms with E-state index in [4.69, 9.17) is 21.6 Å². The molecule has 0 unspecified atom stereocenters. The van der Waals surface area contributed by atoms with Crippen molar-refractivity contribution in [2.75, 3.05) is 11.1 Å². The summed E-state index contributed by atoms with van der Waals surface area (Å²) < 4.78 is 7.91. The van der Waals surface area contributed by atoms with Gasteiger partial charge in [-0.3, -0.25) is 4.79 Å². The third-order valence-electron chi connectivity index (χ3n) is 4.61. The van der Waals surface area contributed by atoms with Crippen molar-refractivity contribution in [3.8, 4) is 11.8 Å². The number of nitriles is 1. The van der Waals surface area contributed by atoms with Gasteiger partial charge in [-0.2, -0.15) is 5.26 Å². The van der Waals surface area contributed by atoms with Gasteiger partial charge < -0.3 is 14.6 Å². The highest BCUT2D eigenvalue weighted by Gasteiger charge is 2.20. The van der Waals surface area contributed by atoms with Gasteiger partial charge in [0.25, 0.3) is 0 Å². The lowest BCUT2D eigenvalue weighted by atomic mass is 10.2. The van der Waals surface area contributed by atoms with Crippen molar-refractivity contribution in [3.05, 3.63) is 52.1 Å². The van der Waals surface area contributed by atoms with E-state index in [9.17, 15) is 4.79 Å². The molecule has 7 nitrogen and oxygen atoms in total. The molecule has 2 heterocycles. The number of nitrogens with one attached hydrogen (secondary N) is 1. The summed E-state index contributed by atoms with van der Waals surface area (Å²) in [5.74, 6) is 1.23. The molecule has 0 aliphatic heterocycles. The van der Waals surface area contributed by atoms with Crippen molar-refractivity contribution >= 4 is 45.6 Å². The Bertz CT molecular complexity index is 1070. The number of hydrogen-bond donors (Lipinski definition) is 1. The van der Waals surface area contributed by atoms with Crippen LogP contribution in [0.1, 0.15) is 44.1 Å². The zero-order valence-electron chi connectivity index (χ0n) is 17.2. The zero-order valence-corrected chi connectivity index (χ0v) is 19.6. The van der Waals surface area contributed by atoms with Crippen molar-refractivity contribution in [1.82, 2.24) is 14.8 Å². The minimum Gasteiger partial charge on any atom is -0.484 e. The molecular weight excluding hydrogens is 454 g/mol. The van der Waals surface area contributed by atoms with Gasteiger partial charge >= 0.3 is 0 Å². The maximum Gasteiger partial charge on any atom is 0.235 e. The topological polar surface area (TPSA) is 92.8 Å². The second-order valence-corrected chi connectivity index (χ2v) is 8.84. The first-order chi connectivity index (χ1) is 15.1. The number of nitrogens with zero attached hydrogens (tertiary/aromatic N) is 4. The monoisotopic (exact) mass is 475 g/mol. The molecule has 2 aromatic heterocycles. The summed E-state index contributed by atoms with van der Waals surface area (Å²) in [7, 11) is 0. The molecule has 0 bridgehead atoms. The fraction of sp³-hybridized carbons (Fsp3) is 0.333. The molecule has 1 N–H and O–H groups in total. The number of rotatable bonds is 10. The Kier molecular flexibility index (Phi) is 8.35. The number of anilines is 1. The lowest BCUT2D eigenvalue weighted by molar-refractivity contribution is -0.113. The number of benzene rings is 1. The quantitative estimate of drug-likeness (QED) is 0.387. The number of hydrogen-bond acceptors (Lipinski definition) is 7. The Morgan fingerprint density at radius 2 is 2.10 bits per heavy atom. The van der Waals surface area contributed by atoms with Crippen LogP contribution in [0.15, 0.2) is 40.9 Å². The zero-order chi connectivity index (χ0) is 22.2. The van der Waals surface area contributed by atoms with E-state index >= 15 is 0 Å². The van der Waals surface area contributed by atoms with Crippen LogP contribution in [0.4, 0.5) is 5.00 Å². The van der Waals surface area contributed by atoms with Crippen LogP contribution in [0.3, 0.4) is 0 Å². The van der Waals surface area contributed by atoms with E-state index in [-0.39, 0.29) is 24.3 Å². The van der Waals surface area contributed by atoms with Crippen LogP contribution in [0, 0.1) is 11.3 Å². The average Bonchev–Trinajstić information content (AvgIpc) is 3.39. The normalized spacial score (nSPS) is 10.8. The van der Waals surface area contributed by atoms with Crippen LogP contribution in [0.5, 0.6) is 5.75 Å². The second kappa shape index (κ2) is 11.2. The summed E-state index contributed by atoms with van der Waals surface area (Å²) in [4.78, 5) is 12.4. The van der Waals surface area contributed by atoms with E-state index in [1.54, 1.807) is 23.6 Å². The molecule has 1 amide bonds. The Hall–Kier alpha value is -2.54. The van der Waals surface area contributed by atoms with Crippen molar-refractivity contribution in [2.24, 2.45) is 0 Å². The van der Waals surface area contributed by atoms with E-state index in [2.05, 4.69) is 35.4 Å². The first-order valence-corrected chi connectivity index (χ1v) is 12.0. The molecule has 0 fully saturated rings. The average molecular weight is 476 g/mol. The number of thioether (sulfide) groups is 1. The highest BCUT2D eigenvalue weighted by atomic mass is 35.5. The minimum absolute atomic E-state index is 0.159. The Morgan fingerprint density at radius 3 is 2.81 bits per heavy atom. The molecule has 162 valence electrons.